The molecule has 0 spiro atoms. The van der Waals surface area contributed by atoms with E-state index in [9.17, 15) is 4.79 Å². The summed E-state index contributed by atoms with van der Waals surface area (Å²) in [6.45, 7) is 6.78. The van der Waals surface area contributed by atoms with Gasteiger partial charge >= 0.3 is 6.09 Å². The van der Waals surface area contributed by atoms with E-state index in [-0.39, 0.29) is 6.09 Å². The van der Waals surface area contributed by atoms with E-state index in [4.69, 9.17) is 4.74 Å². The highest BCUT2D eigenvalue weighted by Gasteiger charge is 2.37. The topological polar surface area (TPSA) is 38.3 Å². The summed E-state index contributed by atoms with van der Waals surface area (Å²) in [7, 11) is 0. The zero-order valence-corrected chi connectivity index (χ0v) is 9.91. The molecule has 0 saturated carbocycles. The summed E-state index contributed by atoms with van der Waals surface area (Å²) in [5, 5.41) is 2.68. The maximum atomic E-state index is 11.1. The molecule has 1 atom stereocenters. The Balaban J connectivity index is 2.25. The molecule has 1 saturated heterocycles. The standard InChI is InChI=1S/C13H17NO2/c1-9(2)10-4-6-11(7-5-10)13(3)8-14-12(15)16-13/h4-7,9H,8H2,1-3H3,(H,14,15). The lowest BCUT2D eigenvalue weighted by molar-refractivity contribution is 0.0704. The van der Waals surface area contributed by atoms with E-state index in [0.29, 0.717) is 12.5 Å². The van der Waals surface area contributed by atoms with Crippen molar-refractivity contribution in [2.45, 2.75) is 32.3 Å². The number of hydrogen-bond donors (Lipinski definition) is 1. The van der Waals surface area contributed by atoms with Gasteiger partial charge in [0.25, 0.3) is 0 Å². The van der Waals surface area contributed by atoms with E-state index in [1.54, 1.807) is 0 Å². The van der Waals surface area contributed by atoms with Gasteiger partial charge < -0.3 is 10.1 Å². The predicted octanol–water partition coefficient (Wildman–Crippen LogP) is 2.77. The molecule has 1 heterocycles. The molecule has 1 unspecified atom stereocenters. The highest BCUT2D eigenvalue weighted by molar-refractivity contribution is 5.70. The van der Waals surface area contributed by atoms with E-state index >= 15 is 0 Å². The third-order valence-electron chi connectivity index (χ3n) is 3.08. The van der Waals surface area contributed by atoms with Crippen LogP contribution in [0.2, 0.25) is 0 Å². The molecule has 0 radical (unpaired) electrons. The minimum absolute atomic E-state index is 0.338. The fourth-order valence-corrected chi connectivity index (χ4v) is 1.90. The van der Waals surface area contributed by atoms with Gasteiger partial charge in [0.05, 0.1) is 6.54 Å². The molecular formula is C13H17NO2. The van der Waals surface area contributed by atoms with Crippen LogP contribution in [-0.2, 0) is 10.3 Å². The number of alkyl carbamates (subject to hydrolysis) is 1. The van der Waals surface area contributed by atoms with Crippen LogP contribution in [0.25, 0.3) is 0 Å². The smallest absolute Gasteiger partial charge is 0.408 e. The molecule has 1 aromatic carbocycles. The lowest BCUT2D eigenvalue weighted by atomic mass is 9.93. The van der Waals surface area contributed by atoms with Gasteiger partial charge in [-0.2, -0.15) is 0 Å². The zero-order valence-electron chi connectivity index (χ0n) is 9.91. The average molecular weight is 219 g/mol. The molecule has 1 aromatic rings. The lowest BCUT2D eigenvalue weighted by Gasteiger charge is -2.22. The van der Waals surface area contributed by atoms with Crippen LogP contribution in [0.15, 0.2) is 24.3 Å². The van der Waals surface area contributed by atoms with Gasteiger partial charge in [-0.3, -0.25) is 0 Å². The third-order valence-corrected chi connectivity index (χ3v) is 3.08. The highest BCUT2D eigenvalue weighted by Crippen LogP contribution is 2.29. The summed E-state index contributed by atoms with van der Waals surface area (Å²) in [5.41, 5.74) is 1.81. The van der Waals surface area contributed by atoms with Gasteiger partial charge in [-0.05, 0) is 24.0 Å². The van der Waals surface area contributed by atoms with Crippen molar-refractivity contribution in [3.05, 3.63) is 35.4 Å². The Morgan fingerprint density at radius 1 is 1.31 bits per heavy atom. The van der Waals surface area contributed by atoms with Crippen LogP contribution < -0.4 is 5.32 Å². The first kappa shape index (κ1) is 11.0. The number of cyclic esters (lactones) is 1. The Kier molecular flexibility index (Phi) is 2.62. The maximum Gasteiger partial charge on any atom is 0.408 e. The predicted molar refractivity (Wildman–Crippen MR) is 62.4 cm³/mol. The molecule has 2 rings (SSSR count). The van der Waals surface area contributed by atoms with Crippen LogP contribution in [-0.4, -0.2) is 12.6 Å². The fraction of sp³-hybridized carbons (Fsp3) is 0.462. The summed E-state index contributed by atoms with van der Waals surface area (Å²) < 4.78 is 5.29. The normalized spacial score (nSPS) is 24.4. The van der Waals surface area contributed by atoms with Crippen molar-refractivity contribution in [3.63, 3.8) is 0 Å². The Hall–Kier alpha value is -1.51. The lowest BCUT2D eigenvalue weighted by Crippen LogP contribution is -2.26. The van der Waals surface area contributed by atoms with Crippen molar-refractivity contribution in [3.8, 4) is 0 Å². The second-order valence-corrected chi connectivity index (χ2v) is 4.75. The molecule has 1 aliphatic heterocycles. The van der Waals surface area contributed by atoms with Crippen LogP contribution in [0.4, 0.5) is 4.79 Å². The van der Waals surface area contributed by atoms with Gasteiger partial charge in [0.1, 0.15) is 0 Å². The van der Waals surface area contributed by atoms with Crippen molar-refractivity contribution >= 4 is 6.09 Å². The zero-order chi connectivity index (χ0) is 11.8. The fourth-order valence-electron chi connectivity index (χ4n) is 1.90. The molecule has 1 amide bonds. The van der Waals surface area contributed by atoms with E-state index in [1.165, 1.54) is 5.56 Å². The number of ether oxygens (including phenoxy) is 1. The number of benzene rings is 1. The van der Waals surface area contributed by atoms with Crippen molar-refractivity contribution in [1.29, 1.82) is 0 Å². The van der Waals surface area contributed by atoms with Crippen LogP contribution >= 0.6 is 0 Å². The van der Waals surface area contributed by atoms with Crippen LogP contribution in [0.5, 0.6) is 0 Å². The number of amides is 1. The Bertz CT molecular complexity index is 397. The molecular weight excluding hydrogens is 202 g/mol. The second-order valence-electron chi connectivity index (χ2n) is 4.75. The molecule has 0 aliphatic carbocycles. The molecule has 3 heteroatoms. The van der Waals surface area contributed by atoms with Crippen molar-refractivity contribution in [1.82, 2.24) is 5.32 Å². The van der Waals surface area contributed by atoms with Gasteiger partial charge in [0.2, 0.25) is 0 Å². The molecule has 86 valence electrons. The minimum Gasteiger partial charge on any atom is -0.436 e. The quantitative estimate of drug-likeness (QED) is 0.830. The number of hydrogen-bond acceptors (Lipinski definition) is 2. The Morgan fingerprint density at radius 2 is 1.94 bits per heavy atom. The first-order chi connectivity index (χ1) is 7.51. The van der Waals surface area contributed by atoms with Gasteiger partial charge in [-0.1, -0.05) is 38.1 Å². The Labute approximate surface area is 95.8 Å². The third kappa shape index (κ3) is 1.90. The number of rotatable bonds is 2. The largest absolute Gasteiger partial charge is 0.436 e. The van der Waals surface area contributed by atoms with Crippen LogP contribution in [0.1, 0.15) is 37.8 Å². The SMILES string of the molecule is CC(C)c1ccc(C2(C)CNC(=O)O2)cc1. The molecule has 0 aromatic heterocycles. The molecule has 16 heavy (non-hydrogen) atoms. The number of nitrogens with one attached hydrogen (secondary N) is 1. The summed E-state index contributed by atoms with van der Waals surface area (Å²) in [6.07, 6.45) is -0.338. The minimum atomic E-state index is -0.521. The van der Waals surface area contributed by atoms with E-state index in [1.807, 2.05) is 19.1 Å². The Morgan fingerprint density at radius 3 is 2.38 bits per heavy atom. The van der Waals surface area contributed by atoms with Gasteiger partial charge in [0.15, 0.2) is 5.60 Å². The van der Waals surface area contributed by atoms with Crippen molar-refractivity contribution < 1.29 is 9.53 Å². The second kappa shape index (κ2) is 3.81. The first-order valence-corrected chi connectivity index (χ1v) is 5.58. The summed E-state index contributed by atoms with van der Waals surface area (Å²) in [6, 6.07) is 8.26. The van der Waals surface area contributed by atoms with Gasteiger partial charge in [0, 0.05) is 0 Å². The summed E-state index contributed by atoms with van der Waals surface area (Å²) >= 11 is 0. The van der Waals surface area contributed by atoms with E-state index in [0.717, 1.165) is 5.56 Å². The van der Waals surface area contributed by atoms with Gasteiger partial charge in [-0.25, -0.2) is 4.79 Å². The molecule has 1 aliphatic rings. The van der Waals surface area contributed by atoms with Crippen molar-refractivity contribution in [2.24, 2.45) is 0 Å². The monoisotopic (exact) mass is 219 g/mol. The average Bonchev–Trinajstić information content (AvgIpc) is 2.60. The van der Waals surface area contributed by atoms with E-state index < -0.39 is 5.60 Å². The van der Waals surface area contributed by atoms with Crippen LogP contribution in [0.3, 0.4) is 0 Å². The van der Waals surface area contributed by atoms with Gasteiger partial charge in [-0.15, -0.1) is 0 Å². The molecule has 1 N–H and O–H groups in total. The molecule has 3 nitrogen and oxygen atoms in total. The molecule has 1 fully saturated rings. The maximum absolute atomic E-state index is 11.1. The number of carbonyl (C=O) groups is 1. The van der Waals surface area contributed by atoms with E-state index in [2.05, 4.69) is 31.3 Å². The highest BCUT2D eigenvalue weighted by atomic mass is 16.6. The summed E-state index contributed by atoms with van der Waals surface area (Å²) in [4.78, 5) is 11.1. The number of carbonyl (C=O) groups excluding carboxylic acids is 1. The summed E-state index contributed by atoms with van der Waals surface area (Å²) in [5.74, 6) is 0.520. The molecule has 0 bridgehead atoms. The van der Waals surface area contributed by atoms with Crippen molar-refractivity contribution in [2.75, 3.05) is 6.54 Å². The van der Waals surface area contributed by atoms with Crippen LogP contribution in [0, 0.1) is 0 Å². The first-order valence-electron chi connectivity index (χ1n) is 5.58.